The highest BCUT2D eigenvalue weighted by molar-refractivity contribution is 7.20. The number of esters is 1. The lowest BCUT2D eigenvalue weighted by Gasteiger charge is -2.07. The molecular formula is C18H16FN3O4S. The first-order valence-corrected chi connectivity index (χ1v) is 8.93. The van der Waals surface area contributed by atoms with Gasteiger partial charge < -0.3 is 10.1 Å². The van der Waals surface area contributed by atoms with Gasteiger partial charge in [-0.1, -0.05) is 0 Å². The van der Waals surface area contributed by atoms with Crippen molar-refractivity contribution in [2.24, 2.45) is 0 Å². The molecule has 1 amide bonds. The fourth-order valence-corrected chi connectivity index (χ4v) is 3.58. The Balaban J connectivity index is 1.87. The summed E-state index contributed by atoms with van der Waals surface area (Å²) in [6.07, 6.45) is 1.26. The number of halogens is 1. The van der Waals surface area contributed by atoms with Gasteiger partial charge in [-0.2, -0.15) is 0 Å². The van der Waals surface area contributed by atoms with E-state index in [0.29, 0.717) is 26.3 Å². The Morgan fingerprint density at radius 3 is 2.67 bits per heavy atom. The maximum Gasteiger partial charge on any atom is 0.348 e. The summed E-state index contributed by atoms with van der Waals surface area (Å²) in [7, 11) is 0. The molecule has 0 aliphatic heterocycles. The van der Waals surface area contributed by atoms with Crippen LogP contribution in [0, 0.1) is 12.7 Å². The zero-order valence-electron chi connectivity index (χ0n) is 14.6. The second kappa shape index (κ2) is 7.67. The number of anilines is 1. The maximum absolute atomic E-state index is 12.9. The van der Waals surface area contributed by atoms with Crippen LogP contribution in [0.4, 0.5) is 10.1 Å². The first-order valence-electron chi connectivity index (χ1n) is 8.11. The molecule has 0 fully saturated rings. The molecule has 7 nitrogen and oxygen atoms in total. The van der Waals surface area contributed by atoms with Crippen molar-refractivity contribution in [1.82, 2.24) is 9.55 Å². The van der Waals surface area contributed by atoms with Gasteiger partial charge in [0.15, 0.2) is 0 Å². The van der Waals surface area contributed by atoms with Gasteiger partial charge in [-0.05, 0) is 43.7 Å². The summed E-state index contributed by atoms with van der Waals surface area (Å²) in [6.45, 7) is 3.32. The average Bonchev–Trinajstić information content (AvgIpc) is 2.97. The number of thiophene rings is 1. The van der Waals surface area contributed by atoms with Crippen LogP contribution in [0.1, 0.15) is 22.2 Å². The molecule has 0 unspecified atom stereocenters. The molecule has 140 valence electrons. The molecule has 0 spiro atoms. The number of nitrogens with one attached hydrogen (secondary N) is 1. The molecule has 1 aromatic carbocycles. The van der Waals surface area contributed by atoms with Gasteiger partial charge in [0.2, 0.25) is 5.91 Å². The van der Waals surface area contributed by atoms with Crippen molar-refractivity contribution < 1.29 is 18.7 Å². The van der Waals surface area contributed by atoms with Gasteiger partial charge in [-0.15, -0.1) is 11.3 Å². The first-order chi connectivity index (χ1) is 12.9. The largest absolute Gasteiger partial charge is 0.462 e. The summed E-state index contributed by atoms with van der Waals surface area (Å²) in [5.41, 5.74) is 0.484. The van der Waals surface area contributed by atoms with Crippen molar-refractivity contribution in [3.63, 3.8) is 0 Å². The molecule has 0 atom stereocenters. The number of amides is 1. The van der Waals surface area contributed by atoms with Gasteiger partial charge in [-0.3, -0.25) is 14.2 Å². The fourth-order valence-electron chi connectivity index (χ4n) is 2.55. The Kier molecular flexibility index (Phi) is 5.31. The van der Waals surface area contributed by atoms with Crippen LogP contribution >= 0.6 is 11.3 Å². The molecule has 0 saturated heterocycles. The van der Waals surface area contributed by atoms with E-state index in [4.69, 9.17) is 4.74 Å². The summed E-state index contributed by atoms with van der Waals surface area (Å²) in [4.78, 5) is 41.8. The smallest absolute Gasteiger partial charge is 0.348 e. The third-order valence-corrected chi connectivity index (χ3v) is 5.00. The van der Waals surface area contributed by atoms with Crippen molar-refractivity contribution in [2.75, 3.05) is 11.9 Å². The van der Waals surface area contributed by atoms with Crippen LogP contribution in [0.2, 0.25) is 0 Å². The molecule has 0 aliphatic rings. The topological polar surface area (TPSA) is 90.3 Å². The number of carbonyl (C=O) groups is 2. The van der Waals surface area contributed by atoms with E-state index in [-0.39, 0.29) is 13.2 Å². The van der Waals surface area contributed by atoms with Gasteiger partial charge in [-0.25, -0.2) is 14.2 Å². The van der Waals surface area contributed by atoms with E-state index < -0.39 is 23.3 Å². The second-order valence-electron chi connectivity index (χ2n) is 5.69. The van der Waals surface area contributed by atoms with Gasteiger partial charge in [0.25, 0.3) is 5.56 Å². The Morgan fingerprint density at radius 2 is 2.00 bits per heavy atom. The van der Waals surface area contributed by atoms with E-state index >= 15 is 0 Å². The molecule has 3 aromatic rings. The summed E-state index contributed by atoms with van der Waals surface area (Å²) in [6, 6.07) is 5.29. The molecular weight excluding hydrogens is 373 g/mol. The molecule has 2 heterocycles. The lowest BCUT2D eigenvalue weighted by Crippen LogP contribution is -2.27. The third kappa shape index (κ3) is 3.87. The number of aromatic nitrogens is 2. The Hall–Kier alpha value is -3.07. The minimum atomic E-state index is -0.502. The lowest BCUT2D eigenvalue weighted by atomic mass is 10.2. The molecule has 1 N–H and O–H groups in total. The van der Waals surface area contributed by atoms with Crippen LogP contribution < -0.4 is 10.9 Å². The van der Waals surface area contributed by atoms with Crippen LogP contribution in [-0.2, 0) is 16.1 Å². The third-order valence-electron chi connectivity index (χ3n) is 3.82. The number of nitrogens with zero attached hydrogens (tertiary/aromatic N) is 2. The van der Waals surface area contributed by atoms with E-state index in [2.05, 4.69) is 10.3 Å². The highest BCUT2D eigenvalue weighted by Gasteiger charge is 2.20. The van der Waals surface area contributed by atoms with Gasteiger partial charge in [0.05, 0.1) is 18.3 Å². The molecule has 9 heteroatoms. The van der Waals surface area contributed by atoms with Gasteiger partial charge in [0, 0.05) is 5.69 Å². The molecule has 0 aliphatic carbocycles. The molecule has 2 aromatic heterocycles. The summed E-state index contributed by atoms with van der Waals surface area (Å²) < 4.78 is 19.1. The Bertz CT molecular complexity index is 1070. The van der Waals surface area contributed by atoms with Crippen molar-refractivity contribution in [3.8, 4) is 0 Å². The van der Waals surface area contributed by atoms with Gasteiger partial charge in [0.1, 0.15) is 22.1 Å². The number of carbonyl (C=O) groups excluding carboxylic acids is 2. The quantitative estimate of drug-likeness (QED) is 0.678. The van der Waals surface area contributed by atoms with Crippen LogP contribution in [-0.4, -0.2) is 28.0 Å². The van der Waals surface area contributed by atoms with Crippen LogP contribution in [0.3, 0.4) is 0 Å². The highest BCUT2D eigenvalue weighted by Crippen LogP contribution is 2.27. The second-order valence-corrected chi connectivity index (χ2v) is 6.69. The van der Waals surface area contributed by atoms with E-state index in [1.165, 1.54) is 30.6 Å². The predicted octanol–water partition coefficient (Wildman–Crippen LogP) is 2.72. The van der Waals surface area contributed by atoms with Crippen LogP contribution in [0.5, 0.6) is 0 Å². The Morgan fingerprint density at radius 1 is 1.30 bits per heavy atom. The normalized spacial score (nSPS) is 10.8. The minimum absolute atomic E-state index is 0.230. The van der Waals surface area contributed by atoms with Crippen LogP contribution in [0.15, 0.2) is 35.4 Å². The Labute approximate surface area is 157 Å². The maximum atomic E-state index is 12.9. The number of fused-ring (bicyclic) bond motifs is 1. The van der Waals surface area contributed by atoms with Crippen molar-refractivity contribution in [2.45, 2.75) is 20.4 Å². The number of aryl methyl sites for hydroxylation is 1. The zero-order chi connectivity index (χ0) is 19.6. The predicted molar refractivity (Wildman–Crippen MR) is 99.6 cm³/mol. The van der Waals surface area contributed by atoms with E-state index in [1.54, 1.807) is 13.8 Å². The van der Waals surface area contributed by atoms with Gasteiger partial charge >= 0.3 is 5.97 Å². The van der Waals surface area contributed by atoms with Crippen molar-refractivity contribution in [3.05, 3.63) is 57.2 Å². The molecule has 3 rings (SSSR count). The number of benzene rings is 1. The van der Waals surface area contributed by atoms with Crippen molar-refractivity contribution >= 4 is 39.1 Å². The summed E-state index contributed by atoms with van der Waals surface area (Å²) in [5.74, 6) is -1.37. The molecule has 0 bridgehead atoms. The summed E-state index contributed by atoms with van der Waals surface area (Å²) in [5, 5.41) is 2.87. The lowest BCUT2D eigenvalue weighted by molar-refractivity contribution is -0.116. The first kappa shape index (κ1) is 18.7. The van der Waals surface area contributed by atoms with Crippen molar-refractivity contribution in [1.29, 1.82) is 0 Å². The fraction of sp³-hybridized carbons (Fsp3) is 0.222. The monoisotopic (exact) mass is 389 g/mol. The average molecular weight is 389 g/mol. The molecule has 27 heavy (non-hydrogen) atoms. The van der Waals surface area contributed by atoms with E-state index in [0.717, 1.165) is 15.9 Å². The SMILES string of the molecule is CCOC(=O)c1sc2ncn(CC(=O)Nc3ccc(F)cc3)c(=O)c2c1C. The van der Waals surface area contributed by atoms with E-state index in [9.17, 15) is 18.8 Å². The number of hydrogen-bond acceptors (Lipinski definition) is 6. The summed E-state index contributed by atoms with van der Waals surface area (Å²) >= 11 is 1.08. The molecule has 0 saturated carbocycles. The highest BCUT2D eigenvalue weighted by atomic mass is 32.1. The standard InChI is InChI=1S/C18H16FN3O4S/c1-3-26-18(25)15-10(2)14-16(27-15)20-9-22(17(14)24)8-13(23)21-12-6-4-11(19)5-7-12/h4-7,9H,3,8H2,1-2H3,(H,21,23). The minimum Gasteiger partial charge on any atom is -0.462 e. The molecule has 0 radical (unpaired) electrons. The zero-order valence-corrected chi connectivity index (χ0v) is 15.4. The van der Waals surface area contributed by atoms with Crippen LogP contribution in [0.25, 0.3) is 10.2 Å². The van der Waals surface area contributed by atoms with E-state index in [1.807, 2.05) is 0 Å². The number of rotatable bonds is 5. The number of hydrogen-bond donors (Lipinski definition) is 1. The number of ether oxygens (including phenoxy) is 1.